The summed E-state index contributed by atoms with van der Waals surface area (Å²) in [4.78, 5) is 11.3. The molecule has 96 valence electrons. The summed E-state index contributed by atoms with van der Waals surface area (Å²) in [6.45, 7) is 11.0. The Morgan fingerprint density at radius 2 is 1.81 bits per heavy atom. The quantitative estimate of drug-likeness (QED) is 0.673. The van der Waals surface area contributed by atoms with Crippen molar-refractivity contribution in [1.29, 1.82) is 0 Å². The number of nitrogens with one attached hydrogen (secondary N) is 2. The van der Waals surface area contributed by atoms with Gasteiger partial charge in [-0.25, -0.2) is 4.79 Å². The Balaban J connectivity index is 3.66. The van der Waals surface area contributed by atoms with Gasteiger partial charge in [-0.3, -0.25) is 0 Å². The Bertz CT molecular complexity index is 210. The van der Waals surface area contributed by atoms with Gasteiger partial charge in [0, 0.05) is 13.1 Å². The molecule has 0 aliphatic rings. The van der Waals surface area contributed by atoms with E-state index >= 15 is 0 Å². The molecule has 0 saturated carbocycles. The predicted octanol–water partition coefficient (Wildman–Crippen LogP) is 1.74. The van der Waals surface area contributed by atoms with Crippen LogP contribution in [0.25, 0.3) is 0 Å². The maximum Gasteiger partial charge on any atom is 0.314 e. The maximum absolute atomic E-state index is 11.3. The lowest BCUT2D eigenvalue weighted by Gasteiger charge is -2.25. The zero-order valence-electron chi connectivity index (χ0n) is 11.1. The third kappa shape index (κ3) is 7.51. The summed E-state index contributed by atoms with van der Waals surface area (Å²) in [6.07, 6.45) is 0.443. The number of urea groups is 1. The molecule has 0 spiro atoms. The molecule has 0 heterocycles. The van der Waals surface area contributed by atoms with Gasteiger partial charge in [-0.15, -0.1) is 0 Å². The van der Waals surface area contributed by atoms with Crippen molar-refractivity contribution >= 4 is 6.03 Å². The number of carbonyl (C=O) groups excluding carboxylic acids is 1. The van der Waals surface area contributed by atoms with Gasteiger partial charge < -0.3 is 15.7 Å². The Kier molecular flexibility index (Phi) is 6.41. The molecule has 0 saturated heterocycles. The monoisotopic (exact) mass is 230 g/mol. The summed E-state index contributed by atoms with van der Waals surface area (Å²) in [7, 11) is 0. The topological polar surface area (TPSA) is 61.4 Å². The first-order valence-corrected chi connectivity index (χ1v) is 5.93. The van der Waals surface area contributed by atoms with Crippen LogP contribution in [-0.2, 0) is 0 Å². The molecular weight excluding hydrogens is 204 g/mol. The summed E-state index contributed by atoms with van der Waals surface area (Å²) in [5, 5.41) is 15.1. The summed E-state index contributed by atoms with van der Waals surface area (Å²) >= 11 is 0. The van der Waals surface area contributed by atoms with Crippen molar-refractivity contribution in [1.82, 2.24) is 10.6 Å². The Morgan fingerprint density at radius 3 is 2.25 bits per heavy atom. The highest BCUT2D eigenvalue weighted by atomic mass is 16.3. The summed E-state index contributed by atoms with van der Waals surface area (Å²) in [6, 6.07) is -0.205. The Hall–Kier alpha value is -0.770. The van der Waals surface area contributed by atoms with Gasteiger partial charge in [0.2, 0.25) is 0 Å². The fourth-order valence-electron chi connectivity index (χ4n) is 1.03. The van der Waals surface area contributed by atoms with Crippen molar-refractivity contribution in [2.75, 3.05) is 13.1 Å². The van der Waals surface area contributed by atoms with Crippen LogP contribution in [0, 0.1) is 11.3 Å². The number of rotatable bonds is 5. The highest BCUT2D eigenvalue weighted by molar-refractivity contribution is 5.73. The average molecular weight is 230 g/mol. The van der Waals surface area contributed by atoms with E-state index < -0.39 is 6.10 Å². The molecule has 16 heavy (non-hydrogen) atoms. The third-order valence-corrected chi connectivity index (χ3v) is 2.46. The molecule has 0 aliphatic carbocycles. The lowest BCUT2D eigenvalue weighted by molar-refractivity contribution is 0.0650. The lowest BCUT2D eigenvalue weighted by atomic mass is 9.89. The van der Waals surface area contributed by atoms with Gasteiger partial charge in [0.05, 0.1) is 6.10 Å². The standard InChI is InChI=1S/C12H26N2O2/c1-9(2)6-7-13-11(16)14-8-10(15)12(3,4)5/h9-10,15H,6-8H2,1-5H3,(H2,13,14,16). The molecule has 1 unspecified atom stereocenters. The average Bonchev–Trinajstić information content (AvgIpc) is 2.11. The van der Waals surface area contributed by atoms with Gasteiger partial charge >= 0.3 is 6.03 Å². The highest BCUT2D eigenvalue weighted by Crippen LogP contribution is 2.17. The zero-order chi connectivity index (χ0) is 12.8. The molecule has 0 aromatic heterocycles. The molecular formula is C12H26N2O2. The first kappa shape index (κ1) is 15.2. The van der Waals surface area contributed by atoms with Gasteiger partial charge in [0.1, 0.15) is 0 Å². The molecule has 0 rings (SSSR count). The molecule has 0 bridgehead atoms. The second-order valence-electron chi connectivity index (χ2n) is 5.70. The van der Waals surface area contributed by atoms with E-state index in [9.17, 15) is 9.90 Å². The van der Waals surface area contributed by atoms with Crippen LogP contribution >= 0.6 is 0 Å². The van der Waals surface area contributed by atoms with Crippen molar-refractivity contribution in [2.24, 2.45) is 11.3 Å². The zero-order valence-corrected chi connectivity index (χ0v) is 11.1. The van der Waals surface area contributed by atoms with Crippen LogP contribution in [0.5, 0.6) is 0 Å². The summed E-state index contributed by atoms with van der Waals surface area (Å²) in [5.74, 6) is 0.584. The van der Waals surface area contributed by atoms with Gasteiger partial charge in [-0.1, -0.05) is 34.6 Å². The van der Waals surface area contributed by atoms with Gasteiger partial charge in [0.25, 0.3) is 0 Å². The molecule has 4 nitrogen and oxygen atoms in total. The van der Waals surface area contributed by atoms with Gasteiger partial charge in [0.15, 0.2) is 0 Å². The van der Waals surface area contributed by atoms with Crippen LogP contribution in [0.4, 0.5) is 4.79 Å². The molecule has 0 aliphatic heterocycles. The number of hydrogen-bond acceptors (Lipinski definition) is 2. The fraction of sp³-hybridized carbons (Fsp3) is 0.917. The van der Waals surface area contributed by atoms with Crippen LogP contribution in [0.3, 0.4) is 0 Å². The van der Waals surface area contributed by atoms with Crippen molar-refractivity contribution < 1.29 is 9.90 Å². The molecule has 2 amide bonds. The number of aliphatic hydroxyl groups is 1. The van der Waals surface area contributed by atoms with Crippen LogP contribution in [0.1, 0.15) is 41.0 Å². The first-order valence-electron chi connectivity index (χ1n) is 5.93. The summed E-state index contributed by atoms with van der Waals surface area (Å²) in [5.41, 5.74) is -0.203. The first-order chi connectivity index (χ1) is 7.23. The summed E-state index contributed by atoms with van der Waals surface area (Å²) < 4.78 is 0. The van der Waals surface area contributed by atoms with Crippen LogP contribution < -0.4 is 10.6 Å². The van der Waals surface area contributed by atoms with Gasteiger partial charge in [-0.2, -0.15) is 0 Å². The van der Waals surface area contributed by atoms with E-state index in [1.165, 1.54) is 0 Å². The number of carbonyl (C=O) groups is 1. The molecule has 0 fully saturated rings. The largest absolute Gasteiger partial charge is 0.391 e. The van der Waals surface area contributed by atoms with E-state index in [0.717, 1.165) is 6.42 Å². The lowest BCUT2D eigenvalue weighted by Crippen LogP contribution is -2.43. The van der Waals surface area contributed by atoms with E-state index in [1.807, 2.05) is 20.8 Å². The number of amides is 2. The minimum atomic E-state index is -0.525. The van der Waals surface area contributed by atoms with Crippen molar-refractivity contribution in [3.8, 4) is 0 Å². The van der Waals surface area contributed by atoms with Crippen molar-refractivity contribution in [3.05, 3.63) is 0 Å². The van der Waals surface area contributed by atoms with E-state index in [1.54, 1.807) is 0 Å². The van der Waals surface area contributed by atoms with E-state index in [4.69, 9.17) is 0 Å². The number of hydrogen-bond donors (Lipinski definition) is 3. The smallest absolute Gasteiger partial charge is 0.314 e. The SMILES string of the molecule is CC(C)CCNC(=O)NCC(O)C(C)(C)C. The molecule has 3 N–H and O–H groups in total. The minimum absolute atomic E-state index is 0.203. The van der Waals surface area contributed by atoms with Gasteiger partial charge in [-0.05, 0) is 17.8 Å². The third-order valence-electron chi connectivity index (χ3n) is 2.46. The Labute approximate surface area is 98.8 Å². The van der Waals surface area contributed by atoms with Crippen LogP contribution in [0.15, 0.2) is 0 Å². The predicted molar refractivity (Wildman–Crippen MR) is 66.3 cm³/mol. The molecule has 0 aromatic rings. The van der Waals surface area contributed by atoms with E-state index in [0.29, 0.717) is 12.5 Å². The molecule has 0 radical (unpaired) electrons. The van der Waals surface area contributed by atoms with E-state index in [2.05, 4.69) is 24.5 Å². The molecule has 1 atom stereocenters. The molecule has 4 heteroatoms. The second kappa shape index (κ2) is 6.74. The van der Waals surface area contributed by atoms with Crippen LogP contribution in [0.2, 0.25) is 0 Å². The van der Waals surface area contributed by atoms with E-state index in [-0.39, 0.29) is 18.0 Å². The van der Waals surface area contributed by atoms with Crippen LogP contribution in [-0.4, -0.2) is 30.3 Å². The van der Waals surface area contributed by atoms with Crippen molar-refractivity contribution in [2.45, 2.75) is 47.1 Å². The minimum Gasteiger partial charge on any atom is -0.391 e. The fourth-order valence-corrected chi connectivity index (χ4v) is 1.03. The highest BCUT2D eigenvalue weighted by Gasteiger charge is 2.22. The normalized spacial score (nSPS) is 13.7. The number of aliphatic hydroxyl groups excluding tert-OH is 1. The maximum atomic E-state index is 11.3. The second-order valence-corrected chi connectivity index (χ2v) is 5.70. The molecule has 0 aromatic carbocycles. The Morgan fingerprint density at radius 1 is 1.25 bits per heavy atom. The van der Waals surface area contributed by atoms with Crippen molar-refractivity contribution in [3.63, 3.8) is 0 Å².